The van der Waals surface area contributed by atoms with Crippen molar-refractivity contribution in [3.8, 4) is 6.07 Å². The zero-order chi connectivity index (χ0) is 13.8. The van der Waals surface area contributed by atoms with Gasteiger partial charge >= 0.3 is 0 Å². The summed E-state index contributed by atoms with van der Waals surface area (Å²) in [7, 11) is 0. The van der Waals surface area contributed by atoms with E-state index in [1.807, 2.05) is 6.07 Å². The first-order valence-electron chi connectivity index (χ1n) is 5.37. The lowest BCUT2D eigenvalue weighted by molar-refractivity contribution is 0.102. The number of hydrogen-bond donors (Lipinski definition) is 1. The van der Waals surface area contributed by atoms with Crippen molar-refractivity contribution in [2.75, 3.05) is 5.32 Å². The van der Waals surface area contributed by atoms with Gasteiger partial charge in [-0.25, -0.2) is 4.39 Å². The van der Waals surface area contributed by atoms with Gasteiger partial charge in [0.05, 0.1) is 21.7 Å². The quantitative estimate of drug-likeness (QED) is 0.917. The third-order valence-corrected chi connectivity index (χ3v) is 3.08. The van der Waals surface area contributed by atoms with E-state index in [2.05, 4.69) is 21.2 Å². The van der Waals surface area contributed by atoms with E-state index < -0.39 is 11.7 Å². The highest BCUT2D eigenvalue weighted by molar-refractivity contribution is 9.10. The summed E-state index contributed by atoms with van der Waals surface area (Å²) in [6.07, 6.45) is 0. The van der Waals surface area contributed by atoms with Crippen LogP contribution < -0.4 is 5.32 Å². The molecule has 0 aliphatic rings. The summed E-state index contributed by atoms with van der Waals surface area (Å²) in [6, 6.07) is 12.8. The van der Waals surface area contributed by atoms with E-state index in [0.29, 0.717) is 11.3 Å². The number of hydrogen-bond acceptors (Lipinski definition) is 2. The lowest BCUT2D eigenvalue weighted by Gasteiger charge is -2.06. The zero-order valence-corrected chi connectivity index (χ0v) is 11.2. The van der Waals surface area contributed by atoms with E-state index in [1.54, 1.807) is 30.3 Å². The monoisotopic (exact) mass is 318 g/mol. The summed E-state index contributed by atoms with van der Waals surface area (Å²) in [5.41, 5.74) is 0.953. The Bertz CT molecular complexity index is 662. The molecule has 0 spiro atoms. The highest BCUT2D eigenvalue weighted by Crippen LogP contribution is 2.19. The Kier molecular flexibility index (Phi) is 3.93. The normalized spacial score (nSPS) is 9.74. The van der Waals surface area contributed by atoms with E-state index in [-0.39, 0.29) is 10.0 Å². The standard InChI is InChI=1S/C14H8BrFN2O/c15-12-3-1-2-11(13(12)16)14(19)18-10-6-4-9(8-17)5-7-10/h1-7H,(H,18,19). The molecule has 0 bridgehead atoms. The summed E-state index contributed by atoms with van der Waals surface area (Å²) in [6.45, 7) is 0. The smallest absolute Gasteiger partial charge is 0.258 e. The number of rotatable bonds is 2. The summed E-state index contributed by atoms with van der Waals surface area (Å²) in [5.74, 6) is -1.14. The molecule has 2 aromatic carbocycles. The average molecular weight is 319 g/mol. The van der Waals surface area contributed by atoms with Crippen LogP contribution in [0, 0.1) is 17.1 Å². The molecular formula is C14H8BrFN2O. The van der Waals surface area contributed by atoms with Crippen LogP contribution in [0.4, 0.5) is 10.1 Å². The Morgan fingerprint density at radius 2 is 1.89 bits per heavy atom. The van der Waals surface area contributed by atoms with Gasteiger partial charge in [-0.1, -0.05) is 6.07 Å². The van der Waals surface area contributed by atoms with Crippen LogP contribution >= 0.6 is 15.9 Å². The minimum atomic E-state index is -0.603. The van der Waals surface area contributed by atoms with Crippen LogP contribution in [0.5, 0.6) is 0 Å². The molecule has 3 nitrogen and oxygen atoms in total. The Hall–Kier alpha value is -2.19. The molecule has 0 aromatic heterocycles. The number of nitriles is 1. The molecule has 0 fully saturated rings. The minimum Gasteiger partial charge on any atom is -0.322 e. The van der Waals surface area contributed by atoms with E-state index in [1.165, 1.54) is 12.1 Å². The molecule has 1 N–H and O–H groups in total. The second-order valence-corrected chi connectivity index (χ2v) is 4.60. The van der Waals surface area contributed by atoms with Gasteiger partial charge in [0.2, 0.25) is 0 Å². The van der Waals surface area contributed by atoms with Crippen LogP contribution in [-0.2, 0) is 0 Å². The molecule has 2 aromatic rings. The number of anilines is 1. The van der Waals surface area contributed by atoms with Gasteiger partial charge in [-0.15, -0.1) is 0 Å². The van der Waals surface area contributed by atoms with Crippen molar-refractivity contribution in [2.24, 2.45) is 0 Å². The highest BCUT2D eigenvalue weighted by Gasteiger charge is 2.13. The molecule has 0 aliphatic heterocycles. The lowest BCUT2D eigenvalue weighted by Crippen LogP contribution is -2.13. The summed E-state index contributed by atoms with van der Waals surface area (Å²) < 4.78 is 14.0. The number of benzene rings is 2. The molecule has 5 heteroatoms. The number of carbonyl (C=O) groups excluding carboxylic acids is 1. The average Bonchev–Trinajstić information content (AvgIpc) is 2.42. The number of nitrogens with one attached hydrogen (secondary N) is 1. The maximum absolute atomic E-state index is 13.7. The van der Waals surface area contributed by atoms with Crippen molar-refractivity contribution in [3.63, 3.8) is 0 Å². The molecule has 94 valence electrons. The maximum Gasteiger partial charge on any atom is 0.258 e. The molecule has 19 heavy (non-hydrogen) atoms. The molecule has 0 aliphatic carbocycles. The van der Waals surface area contributed by atoms with Crippen LogP contribution in [0.1, 0.15) is 15.9 Å². The third-order valence-electron chi connectivity index (χ3n) is 2.47. The fourth-order valence-corrected chi connectivity index (χ4v) is 1.87. The van der Waals surface area contributed by atoms with Crippen molar-refractivity contribution in [1.82, 2.24) is 0 Å². The Balaban J connectivity index is 2.21. The Morgan fingerprint density at radius 3 is 2.53 bits per heavy atom. The predicted octanol–water partition coefficient (Wildman–Crippen LogP) is 3.71. The number of halogens is 2. The van der Waals surface area contributed by atoms with E-state index in [0.717, 1.165) is 0 Å². The van der Waals surface area contributed by atoms with Gasteiger partial charge in [0.25, 0.3) is 5.91 Å². The van der Waals surface area contributed by atoms with Crippen LogP contribution in [-0.4, -0.2) is 5.91 Å². The van der Waals surface area contributed by atoms with Gasteiger partial charge in [0.15, 0.2) is 0 Å². The van der Waals surface area contributed by atoms with Gasteiger partial charge in [-0.3, -0.25) is 4.79 Å². The van der Waals surface area contributed by atoms with Crippen molar-refractivity contribution in [1.29, 1.82) is 5.26 Å². The van der Waals surface area contributed by atoms with Gasteiger partial charge < -0.3 is 5.32 Å². The summed E-state index contributed by atoms with van der Waals surface area (Å²) in [5, 5.41) is 11.2. The Labute approximate surface area is 117 Å². The highest BCUT2D eigenvalue weighted by atomic mass is 79.9. The topological polar surface area (TPSA) is 52.9 Å². The number of nitrogens with zero attached hydrogens (tertiary/aromatic N) is 1. The molecule has 2 rings (SSSR count). The molecule has 0 unspecified atom stereocenters. The van der Waals surface area contributed by atoms with Crippen LogP contribution in [0.15, 0.2) is 46.9 Å². The number of amides is 1. The SMILES string of the molecule is N#Cc1ccc(NC(=O)c2cccc(Br)c2F)cc1. The molecular weight excluding hydrogens is 311 g/mol. The minimum absolute atomic E-state index is 0.0428. The predicted molar refractivity (Wildman–Crippen MR) is 73.2 cm³/mol. The van der Waals surface area contributed by atoms with Crippen molar-refractivity contribution in [2.45, 2.75) is 0 Å². The van der Waals surface area contributed by atoms with Crippen LogP contribution in [0.3, 0.4) is 0 Å². The molecule has 0 heterocycles. The fraction of sp³-hybridized carbons (Fsp3) is 0. The van der Waals surface area contributed by atoms with E-state index in [4.69, 9.17) is 5.26 Å². The molecule has 1 amide bonds. The van der Waals surface area contributed by atoms with Gasteiger partial charge in [0, 0.05) is 5.69 Å². The fourth-order valence-electron chi connectivity index (χ4n) is 1.51. The van der Waals surface area contributed by atoms with Gasteiger partial charge in [-0.05, 0) is 52.3 Å². The first-order valence-corrected chi connectivity index (χ1v) is 6.16. The second-order valence-electron chi connectivity index (χ2n) is 3.74. The second kappa shape index (κ2) is 5.63. The molecule has 0 saturated heterocycles. The van der Waals surface area contributed by atoms with Crippen LogP contribution in [0.2, 0.25) is 0 Å². The zero-order valence-electron chi connectivity index (χ0n) is 9.65. The molecule has 0 saturated carbocycles. The molecule has 0 atom stereocenters. The third kappa shape index (κ3) is 2.98. The Morgan fingerprint density at radius 1 is 1.21 bits per heavy atom. The van der Waals surface area contributed by atoms with Crippen molar-refractivity contribution < 1.29 is 9.18 Å². The lowest BCUT2D eigenvalue weighted by atomic mass is 10.2. The van der Waals surface area contributed by atoms with Crippen LogP contribution in [0.25, 0.3) is 0 Å². The molecule has 0 radical (unpaired) electrons. The van der Waals surface area contributed by atoms with Crippen molar-refractivity contribution >= 4 is 27.5 Å². The van der Waals surface area contributed by atoms with E-state index >= 15 is 0 Å². The summed E-state index contributed by atoms with van der Waals surface area (Å²) in [4.78, 5) is 11.9. The van der Waals surface area contributed by atoms with Gasteiger partial charge in [0.1, 0.15) is 5.82 Å². The number of carbonyl (C=O) groups is 1. The first-order chi connectivity index (χ1) is 9.11. The van der Waals surface area contributed by atoms with Crippen molar-refractivity contribution in [3.05, 3.63) is 63.9 Å². The maximum atomic E-state index is 13.7. The van der Waals surface area contributed by atoms with Gasteiger partial charge in [-0.2, -0.15) is 5.26 Å². The van der Waals surface area contributed by atoms with E-state index in [9.17, 15) is 9.18 Å². The largest absolute Gasteiger partial charge is 0.322 e. The summed E-state index contributed by atoms with van der Waals surface area (Å²) >= 11 is 3.03. The first kappa shape index (κ1) is 13.2.